The first-order chi connectivity index (χ1) is 6.87. The molecule has 0 aromatic rings. The van der Waals surface area contributed by atoms with Crippen LogP contribution in [0.25, 0.3) is 0 Å². The van der Waals surface area contributed by atoms with E-state index in [9.17, 15) is 8.42 Å². The van der Waals surface area contributed by atoms with Gasteiger partial charge in [-0.25, -0.2) is 13.1 Å². The van der Waals surface area contributed by atoms with E-state index in [1.165, 1.54) is 0 Å². The molecule has 1 atom stereocenters. The average molecular weight is 258 g/mol. The van der Waals surface area contributed by atoms with Gasteiger partial charge in [0.2, 0.25) is 10.0 Å². The van der Waals surface area contributed by atoms with E-state index in [-0.39, 0.29) is 17.8 Å². The first-order valence-corrected chi connectivity index (χ1v) is 7.21. The molecule has 0 rings (SSSR count). The highest BCUT2D eigenvalue weighted by Gasteiger charge is 2.14. The summed E-state index contributed by atoms with van der Waals surface area (Å²) in [6, 6.07) is 0. The summed E-state index contributed by atoms with van der Waals surface area (Å²) in [7, 11) is -3.21. The molecule has 0 aliphatic rings. The predicted molar refractivity (Wildman–Crippen MR) is 62.8 cm³/mol. The molecule has 0 saturated carbocycles. The van der Waals surface area contributed by atoms with Crippen LogP contribution in [0.3, 0.4) is 0 Å². The fraction of sp³-hybridized carbons (Fsp3) is 1.00. The van der Waals surface area contributed by atoms with Crippen molar-refractivity contribution in [3.8, 4) is 0 Å². The van der Waals surface area contributed by atoms with Crippen LogP contribution in [0.4, 0.5) is 0 Å². The summed E-state index contributed by atoms with van der Waals surface area (Å²) in [5, 5.41) is 0. The molecule has 0 aliphatic carbocycles. The van der Waals surface area contributed by atoms with Crippen molar-refractivity contribution in [3.05, 3.63) is 0 Å². The Morgan fingerprint density at radius 1 is 1.33 bits per heavy atom. The lowest BCUT2D eigenvalue weighted by molar-refractivity contribution is 0.0834. The number of hydrogen-bond donors (Lipinski definition) is 1. The van der Waals surface area contributed by atoms with Crippen molar-refractivity contribution in [2.24, 2.45) is 5.92 Å². The molecule has 1 unspecified atom stereocenters. The van der Waals surface area contributed by atoms with E-state index in [2.05, 4.69) is 4.72 Å². The lowest BCUT2D eigenvalue weighted by Crippen LogP contribution is -2.32. The molecule has 0 bridgehead atoms. The van der Waals surface area contributed by atoms with Crippen LogP contribution < -0.4 is 4.72 Å². The molecule has 92 valence electrons. The molecule has 4 nitrogen and oxygen atoms in total. The summed E-state index contributed by atoms with van der Waals surface area (Å²) in [6.45, 7) is 6.33. The molecule has 0 spiro atoms. The van der Waals surface area contributed by atoms with Crippen molar-refractivity contribution < 1.29 is 13.2 Å². The molecule has 0 aromatic carbocycles. The van der Waals surface area contributed by atoms with Crippen LogP contribution >= 0.6 is 11.6 Å². The van der Waals surface area contributed by atoms with Crippen LogP contribution in [-0.4, -0.2) is 39.3 Å². The van der Waals surface area contributed by atoms with Gasteiger partial charge in [-0.15, -0.1) is 11.6 Å². The Bertz CT molecular complexity index is 254. The minimum atomic E-state index is -3.21. The molecular formula is C9H20ClNO3S. The molecule has 0 heterocycles. The molecule has 0 fully saturated rings. The summed E-state index contributed by atoms with van der Waals surface area (Å²) >= 11 is 5.54. The smallest absolute Gasteiger partial charge is 0.211 e. The zero-order valence-corrected chi connectivity index (χ0v) is 11.1. The maximum absolute atomic E-state index is 11.4. The Morgan fingerprint density at radius 2 is 1.93 bits per heavy atom. The molecule has 6 heteroatoms. The first-order valence-electron chi connectivity index (χ1n) is 5.02. The number of ether oxygens (including phenoxy) is 1. The molecular weight excluding hydrogens is 238 g/mol. The number of nitrogens with one attached hydrogen (secondary N) is 1. The van der Waals surface area contributed by atoms with Gasteiger partial charge in [0.05, 0.1) is 18.5 Å². The van der Waals surface area contributed by atoms with E-state index in [0.29, 0.717) is 19.0 Å². The average Bonchev–Trinajstić information content (AvgIpc) is 2.11. The fourth-order valence-corrected chi connectivity index (χ4v) is 2.59. The van der Waals surface area contributed by atoms with Gasteiger partial charge < -0.3 is 4.74 Å². The maximum Gasteiger partial charge on any atom is 0.211 e. The van der Waals surface area contributed by atoms with Crippen LogP contribution in [0.2, 0.25) is 0 Å². The molecule has 0 radical (unpaired) electrons. The first kappa shape index (κ1) is 15.2. The molecule has 15 heavy (non-hydrogen) atoms. The second-order valence-electron chi connectivity index (χ2n) is 3.85. The summed E-state index contributed by atoms with van der Waals surface area (Å²) < 4.78 is 30.5. The van der Waals surface area contributed by atoms with E-state index in [1.807, 2.05) is 13.8 Å². The van der Waals surface area contributed by atoms with E-state index in [0.717, 1.165) is 0 Å². The molecule has 0 aliphatic heterocycles. The van der Waals surface area contributed by atoms with Gasteiger partial charge in [0.15, 0.2) is 0 Å². The third-order valence-electron chi connectivity index (χ3n) is 1.64. The Kier molecular flexibility index (Phi) is 7.52. The van der Waals surface area contributed by atoms with Crippen molar-refractivity contribution in [2.75, 3.05) is 24.8 Å². The van der Waals surface area contributed by atoms with Crippen LogP contribution in [0.5, 0.6) is 0 Å². The lowest BCUT2D eigenvalue weighted by Gasteiger charge is -2.11. The Morgan fingerprint density at radius 3 is 2.40 bits per heavy atom. The van der Waals surface area contributed by atoms with Crippen LogP contribution in [0, 0.1) is 5.92 Å². The van der Waals surface area contributed by atoms with E-state index >= 15 is 0 Å². The minimum Gasteiger partial charge on any atom is -0.377 e. The SMILES string of the molecule is CC(CCl)CS(=O)(=O)NCCOC(C)C. The van der Waals surface area contributed by atoms with Crippen LogP contribution in [0.1, 0.15) is 20.8 Å². The highest BCUT2D eigenvalue weighted by Crippen LogP contribution is 2.01. The fourth-order valence-electron chi connectivity index (χ4n) is 0.970. The zero-order valence-electron chi connectivity index (χ0n) is 9.49. The minimum absolute atomic E-state index is 0.0322. The highest BCUT2D eigenvalue weighted by atomic mass is 35.5. The van der Waals surface area contributed by atoms with Crippen molar-refractivity contribution >= 4 is 21.6 Å². The largest absolute Gasteiger partial charge is 0.377 e. The third-order valence-corrected chi connectivity index (χ3v) is 3.82. The van der Waals surface area contributed by atoms with Crippen molar-refractivity contribution in [1.29, 1.82) is 0 Å². The van der Waals surface area contributed by atoms with Gasteiger partial charge in [0.25, 0.3) is 0 Å². The summed E-state index contributed by atoms with van der Waals surface area (Å²) in [4.78, 5) is 0. The Hall–Kier alpha value is 0.160. The Balaban J connectivity index is 3.75. The second kappa shape index (κ2) is 7.44. The van der Waals surface area contributed by atoms with Gasteiger partial charge in [-0.3, -0.25) is 0 Å². The predicted octanol–water partition coefficient (Wildman–Crippen LogP) is 1.21. The number of rotatable bonds is 8. The van der Waals surface area contributed by atoms with Crippen LogP contribution in [0.15, 0.2) is 0 Å². The molecule has 0 saturated heterocycles. The topological polar surface area (TPSA) is 55.4 Å². The van der Waals surface area contributed by atoms with Crippen LogP contribution in [-0.2, 0) is 14.8 Å². The standard InChI is InChI=1S/C9H20ClNO3S/c1-8(2)14-5-4-11-15(12,13)7-9(3)6-10/h8-9,11H,4-7H2,1-3H3. The summed E-state index contributed by atoms with van der Waals surface area (Å²) in [5.41, 5.74) is 0. The second-order valence-corrected chi connectivity index (χ2v) is 6.01. The summed E-state index contributed by atoms with van der Waals surface area (Å²) in [6.07, 6.45) is 0.122. The molecule has 0 amide bonds. The van der Waals surface area contributed by atoms with Gasteiger partial charge in [0, 0.05) is 12.4 Å². The van der Waals surface area contributed by atoms with Gasteiger partial charge in [0.1, 0.15) is 0 Å². The van der Waals surface area contributed by atoms with Crippen molar-refractivity contribution in [2.45, 2.75) is 26.9 Å². The number of halogens is 1. The van der Waals surface area contributed by atoms with Crippen molar-refractivity contribution in [3.63, 3.8) is 0 Å². The highest BCUT2D eigenvalue weighted by molar-refractivity contribution is 7.89. The van der Waals surface area contributed by atoms with Gasteiger partial charge in [-0.2, -0.15) is 0 Å². The lowest BCUT2D eigenvalue weighted by atomic mass is 10.3. The Labute approximate surface area is 97.4 Å². The van der Waals surface area contributed by atoms with Crippen molar-refractivity contribution in [1.82, 2.24) is 4.72 Å². The summed E-state index contributed by atoms with van der Waals surface area (Å²) in [5.74, 6) is 0.386. The number of sulfonamides is 1. The monoisotopic (exact) mass is 257 g/mol. The maximum atomic E-state index is 11.4. The van der Waals surface area contributed by atoms with Gasteiger partial charge in [-0.05, 0) is 19.8 Å². The van der Waals surface area contributed by atoms with E-state index < -0.39 is 10.0 Å². The zero-order chi connectivity index (χ0) is 11.9. The van der Waals surface area contributed by atoms with Gasteiger partial charge in [-0.1, -0.05) is 6.92 Å². The molecule has 1 N–H and O–H groups in total. The van der Waals surface area contributed by atoms with E-state index in [4.69, 9.17) is 16.3 Å². The number of alkyl halides is 1. The molecule has 0 aromatic heterocycles. The van der Waals surface area contributed by atoms with Gasteiger partial charge >= 0.3 is 0 Å². The third kappa shape index (κ3) is 9.11. The quantitative estimate of drug-likeness (QED) is 0.525. The van der Waals surface area contributed by atoms with E-state index in [1.54, 1.807) is 6.92 Å². The number of hydrogen-bond acceptors (Lipinski definition) is 3. The normalized spacial score (nSPS) is 14.5.